The molecule has 1 unspecified atom stereocenters. The number of aromatic nitrogens is 2. The van der Waals surface area contributed by atoms with Gasteiger partial charge in [-0.15, -0.1) is 0 Å². The Morgan fingerprint density at radius 2 is 2.14 bits per heavy atom. The summed E-state index contributed by atoms with van der Waals surface area (Å²) in [5, 5.41) is 15.9. The number of hydrogen-bond donors (Lipinski definition) is 2. The highest BCUT2D eigenvalue weighted by Gasteiger charge is 2.24. The van der Waals surface area contributed by atoms with Crippen molar-refractivity contribution in [1.82, 2.24) is 15.1 Å². The molecular weight excluding hydrogens is 182 g/mol. The van der Waals surface area contributed by atoms with Crippen molar-refractivity contribution in [3.8, 4) is 0 Å². The number of nitrogens with one attached hydrogen (secondary N) is 1. The predicted molar refractivity (Wildman–Crippen MR) is 52.1 cm³/mol. The van der Waals surface area contributed by atoms with E-state index in [4.69, 9.17) is 5.11 Å². The van der Waals surface area contributed by atoms with Crippen LogP contribution in [0.4, 0.5) is 0 Å². The predicted octanol–water partition coefficient (Wildman–Crippen LogP) is 0.382. The first-order chi connectivity index (χ1) is 6.49. The number of carbonyl (C=O) groups is 1. The van der Waals surface area contributed by atoms with Crippen molar-refractivity contribution in [3.05, 3.63) is 17.0 Å². The third-order valence-electron chi connectivity index (χ3n) is 2.39. The number of carboxylic acid groups (broad SMARTS) is 1. The molecule has 0 saturated carbocycles. The first-order valence-corrected chi connectivity index (χ1v) is 4.39. The quantitative estimate of drug-likeness (QED) is 0.735. The van der Waals surface area contributed by atoms with Gasteiger partial charge in [0.1, 0.15) is 6.04 Å². The van der Waals surface area contributed by atoms with Crippen LogP contribution in [-0.4, -0.2) is 27.9 Å². The fraction of sp³-hybridized carbons (Fsp3) is 0.556. The van der Waals surface area contributed by atoms with Crippen molar-refractivity contribution < 1.29 is 9.90 Å². The number of carboxylic acids is 1. The van der Waals surface area contributed by atoms with Crippen LogP contribution in [0.15, 0.2) is 0 Å². The molecule has 0 spiro atoms. The third-order valence-corrected chi connectivity index (χ3v) is 2.39. The van der Waals surface area contributed by atoms with E-state index in [0.29, 0.717) is 0 Å². The van der Waals surface area contributed by atoms with Crippen LogP contribution < -0.4 is 5.32 Å². The Kier molecular flexibility index (Phi) is 2.90. The van der Waals surface area contributed by atoms with Gasteiger partial charge >= 0.3 is 5.97 Å². The molecule has 1 atom stereocenters. The van der Waals surface area contributed by atoms with Crippen molar-refractivity contribution in [1.29, 1.82) is 0 Å². The van der Waals surface area contributed by atoms with E-state index >= 15 is 0 Å². The van der Waals surface area contributed by atoms with E-state index in [1.54, 1.807) is 18.8 Å². The lowest BCUT2D eigenvalue weighted by Crippen LogP contribution is -2.26. The summed E-state index contributed by atoms with van der Waals surface area (Å²) in [7, 11) is 3.44. The molecule has 0 saturated heterocycles. The Labute approximate surface area is 82.7 Å². The molecule has 2 N–H and O–H groups in total. The van der Waals surface area contributed by atoms with Crippen LogP contribution in [0.25, 0.3) is 0 Å². The van der Waals surface area contributed by atoms with Gasteiger partial charge in [-0.25, -0.2) is 0 Å². The van der Waals surface area contributed by atoms with Gasteiger partial charge in [0.15, 0.2) is 0 Å². The first-order valence-electron chi connectivity index (χ1n) is 4.39. The molecule has 0 aliphatic carbocycles. The van der Waals surface area contributed by atoms with Crippen molar-refractivity contribution in [3.63, 3.8) is 0 Å². The monoisotopic (exact) mass is 197 g/mol. The molecule has 78 valence electrons. The highest BCUT2D eigenvalue weighted by Crippen LogP contribution is 2.20. The van der Waals surface area contributed by atoms with E-state index in [-0.39, 0.29) is 0 Å². The molecule has 0 amide bonds. The minimum absolute atomic E-state index is 0.677. The van der Waals surface area contributed by atoms with Gasteiger partial charge in [0, 0.05) is 18.3 Å². The zero-order valence-electron chi connectivity index (χ0n) is 8.83. The number of nitrogens with zero attached hydrogens (tertiary/aromatic N) is 2. The minimum Gasteiger partial charge on any atom is -0.480 e. The van der Waals surface area contributed by atoms with Crippen molar-refractivity contribution in [2.45, 2.75) is 19.9 Å². The summed E-state index contributed by atoms with van der Waals surface area (Å²) in [6.07, 6.45) is 0. The molecule has 5 nitrogen and oxygen atoms in total. The molecule has 1 aromatic heterocycles. The molecule has 5 heteroatoms. The average Bonchev–Trinajstić information content (AvgIpc) is 2.32. The van der Waals surface area contributed by atoms with E-state index < -0.39 is 12.0 Å². The van der Waals surface area contributed by atoms with Gasteiger partial charge in [0.2, 0.25) is 0 Å². The second-order valence-electron chi connectivity index (χ2n) is 3.27. The molecule has 0 aliphatic heterocycles. The largest absolute Gasteiger partial charge is 0.480 e. The lowest BCUT2D eigenvalue weighted by Gasteiger charge is -2.11. The maximum atomic E-state index is 10.9. The summed E-state index contributed by atoms with van der Waals surface area (Å²) in [6.45, 7) is 3.68. The number of aryl methyl sites for hydroxylation is 2. The zero-order valence-corrected chi connectivity index (χ0v) is 8.83. The zero-order chi connectivity index (χ0) is 10.9. The summed E-state index contributed by atoms with van der Waals surface area (Å²) in [5.74, 6) is -0.883. The van der Waals surface area contributed by atoms with Gasteiger partial charge in [-0.05, 0) is 20.9 Å². The van der Waals surface area contributed by atoms with E-state index in [2.05, 4.69) is 10.4 Å². The summed E-state index contributed by atoms with van der Waals surface area (Å²) >= 11 is 0. The number of hydrogen-bond acceptors (Lipinski definition) is 3. The van der Waals surface area contributed by atoms with Crippen LogP contribution >= 0.6 is 0 Å². The second kappa shape index (κ2) is 3.79. The Morgan fingerprint density at radius 3 is 2.43 bits per heavy atom. The van der Waals surface area contributed by atoms with Gasteiger partial charge in [-0.1, -0.05) is 0 Å². The summed E-state index contributed by atoms with van der Waals surface area (Å²) in [5.41, 5.74) is 2.39. The summed E-state index contributed by atoms with van der Waals surface area (Å²) < 4.78 is 1.69. The molecule has 0 aliphatic rings. The lowest BCUT2D eigenvalue weighted by molar-refractivity contribution is -0.139. The molecule has 14 heavy (non-hydrogen) atoms. The van der Waals surface area contributed by atoms with Crippen LogP contribution in [0.5, 0.6) is 0 Å². The number of rotatable bonds is 3. The molecule has 1 aromatic rings. The number of aliphatic carboxylic acids is 1. The van der Waals surface area contributed by atoms with Gasteiger partial charge in [-0.3, -0.25) is 9.48 Å². The van der Waals surface area contributed by atoms with E-state index in [1.165, 1.54) is 0 Å². The molecule has 0 aromatic carbocycles. The topological polar surface area (TPSA) is 67.2 Å². The highest BCUT2D eigenvalue weighted by molar-refractivity contribution is 5.76. The Bertz CT molecular complexity index is 357. The fourth-order valence-corrected chi connectivity index (χ4v) is 1.60. The Hall–Kier alpha value is -1.36. The van der Waals surface area contributed by atoms with E-state index in [9.17, 15) is 4.79 Å². The highest BCUT2D eigenvalue weighted by atomic mass is 16.4. The molecular formula is C9H15N3O2. The Balaban J connectivity index is 3.22. The molecule has 0 bridgehead atoms. The Morgan fingerprint density at radius 1 is 1.57 bits per heavy atom. The average molecular weight is 197 g/mol. The van der Waals surface area contributed by atoms with Gasteiger partial charge in [0.25, 0.3) is 0 Å². The maximum absolute atomic E-state index is 10.9. The molecule has 1 rings (SSSR count). The maximum Gasteiger partial charge on any atom is 0.325 e. The standard InChI is InChI=1S/C9H15N3O2/c1-5-7(6(2)12(4)11-5)8(10-3)9(13)14/h8,10H,1-4H3,(H,13,14). The SMILES string of the molecule is CNC(C(=O)O)c1c(C)nn(C)c1C. The van der Waals surface area contributed by atoms with Gasteiger partial charge < -0.3 is 10.4 Å². The van der Waals surface area contributed by atoms with Gasteiger partial charge in [0.05, 0.1) is 5.69 Å². The molecule has 0 fully saturated rings. The van der Waals surface area contributed by atoms with Crippen molar-refractivity contribution >= 4 is 5.97 Å². The first kappa shape index (κ1) is 10.7. The van der Waals surface area contributed by atoms with Crippen LogP contribution in [-0.2, 0) is 11.8 Å². The fourth-order valence-electron chi connectivity index (χ4n) is 1.60. The van der Waals surface area contributed by atoms with Crippen LogP contribution in [0, 0.1) is 13.8 Å². The van der Waals surface area contributed by atoms with E-state index in [0.717, 1.165) is 17.0 Å². The second-order valence-corrected chi connectivity index (χ2v) is 3.27. The van der Waals surface area contributed by atoms with Crippen LogP contribution in [0.1, 0.15) is 23.0 Å². The molecule has 0 radical (unpaired) electrons. The lowest BCUT2D eigenvalue weighted by atomic mass is 10.1. The van der Waals surface area contributed by atoms with Gasteiger partial charge in [-0.2, -0.15) is 5.10 Å². The van der Waals surface area contributed by atoms with E-state index in [1.807, 2.05) is 13.8 Å². The summed E-state index contributed by atoms with van der Waals surface area (Å²) in [6, 6.07) is -0.677. The normalized spacial score (nSPS) is 12.9. The number of likely N-dealkylation sites (N-methyl/N-ethyl adjacent to an activating group) is 1. The van der Waals surface area contributed by atoms with Crippen molar-refractivity contribution in [2.75, 3.05) is 7.05 Å². The van der Waals surface area contributed by atoms with Crippen LogP contribution in [0.2, 0.25) is 0 Å². The minimum atomic E-state index is -0.883. The smallest absolute Gasteiger partial charge is 0.325 e. The van der Waals surface area contributed by atoms with Crippen molar-refractivity contribution in [2.24, 2.45) is 7.05 Å². The van der Waals surface area contributed by atoms with Crippen LogP contribution in [0.3, 0.4) is 0 Å². The third kappa shape index (κ3) is 1.63. The summed E-state index contributed by atoms with van der Waals surface area (Å²) in [4.78, 5) is 10.9. The molecule has 1 heterocycles.